The molecule has 0 unspecified atom stereocenters. The van der Waals surface area contributed by atoms with Crippen LogP contribution in [0.1, 0.15) is 27.0 Å². The van der Waals surface area contributed by atoms with Crippen LogP contribution in [0, 0.1) is 6.92 Å². The molecule has 24 heavy (non-hydrogen) atoms. The zero-order valence-corrected chi connectivity index (χ0v) is 13.1. The summed E-state index contributed by atoms with van der Waals surface area (Å²) in [5.74, 6) is -1.01. The molecule has 0 bridgehead atoms. The fraction of sp³-hybridized carbons (Fsp3) is 0.0556. The molecular weight excluding hydrogens is 306 g/mol. The van der Waals surface area contributed by atoms with Crippen LogP contribution in [0.5, 0.6) is 0 Å². The first kappa shape index (κ1) is 17.1. The molecule has 0 aliphatic heterocycles. The molecule has 0 heterocycles. The monoisotopic (exact) mass is 323 g/mol. The fourth-order valence-corrected chi connectivity index (χ4v) is 1.95. The van der Waals surface area contributed by atoms with Gasteiger partial charge in [-0.2, -0.15) is 5.10 Å². The maximum Gasteiger partial charge on any atom is 0.271 e. The van der Waals surface area contributed by atoms with E-state index in [1.165, 1.54) is 11.6 Å². The highest BCUT2D eigenvalue weighted by atomic mass is 16.5. The Hall–Kier alpha value is -3.25. The summed E-state index contributed by atoms with van der Waals surface area (Å²) >= 11 is 0. The topological polar surface area (TPSA) is 90.8 Å². The Bertz CT molecular complexity index is 798. The van der Waals surface area contributed by atoms with Crippen LogP contribution in [-0.2, 0) is 4.79 Å². The Morgan fingerprint density at radius 3 is 2.67 bits per heavy atom. The largest absolute Gasteiger partial charge is 0.288 e. The molecule has 0 fully saturated rings. The van der Waals surface area contributed by atoms with Crippen LogP contribution in [0.2, 0.25) is 0 Å². The summed E-state index contributed by atoms with van der Waals surface area (Å²) in [6.45, 7) is 1.96. The highest BCUT2D eigenvalue weighted by Gasteiger charge is 2.04. The summed E-state index contributed by atoms with van der Waals surface area (Å²) in [6, 6.07) is 14.4. The van der Waals surface area contributed by atoms with E-state index in [1.807, 2.05) is 31.2 Å². The summed E-state index contributed by atoms with van der Waals surface area (Å²) in [6.07, 6.45) is 4.23. The Morgan fingerprint density at radius 1 is 1.12 bits per heavy atom. The molecule has 0 atom stereocenters. The summed E-state index contributed by atoms with van der Waals surface area (Å²) in [5.41, 5.74) is 7.00. The van der Waals surface area contributed by atoms with Crippen molar-refractivity contribution < 1.29 is 14.8 Å². The minimum Gasteiger partial charge on any atom is -0.288 e. The molecule has 2 rings (SSSR count). The van der Waals surface area contributed by atoms with E-state index in [-0.39, 0.29) is 5.91 Å². The predicted octanol–water partition coefficient (Wildman–Crippen LogP) is 2.28. The van der Waals surface area contributed by atoms with E-state index in [9.17, 15) is 9.59 Å². The van der Waals surface area contributed by atoms with Crippen molar-refractivity contribution in [2.24, 2.45) is 5.10 Å². The van der Waals surface area contributed by atoms with Gasteiger partial charge in [0.1, 0.15) is 0 Å². The predicted molar refractivity (Wildman–Crippen MR) is 91.6 cm³/mol. The van der Waals surface area contributed by atoms with Crippen molar-refractivity contribution in [3.05, 3.63) is 76.9 Å². The van der Waals surface area contributed by atoms with Gasteiger partial charge in [0.05, 0.1) is 6.21 Å². The first-order valence-electron chi connectivity index (χ1n) is 7.21. The molecule has 0 radical (unpaired) electrons. The number of hydroxylamine groups is 1. The highest BCUT2D eigenvalue weighted by Crippen LogP contribution is 2.07. The van der Waals surface area contributed by atoms with E-state index in [0.29, 0.717) is 11.1 Å². The van der Waals surface area contributed by atoms with Gasteiger partial charge in [-0.15, -0.1) is 0 Å². The van der Waals surface area contributed by atoms with Crippen molar-refractivity contribution in [2.75, 3.05) is 0 Å². The lowest BCUT2D eigenvalue weighted by Gasteiger charge is -2.02. The van der Waals surface area contributed by atoms with Gasteiger partial charge in [-0.05, 0) is 41.8 Å². The maximum absolute atomic E-state index is 12.1. The number of nitrogens with one attached hydrogen (secondary N) is 2. The second-order valence-corrected chi connectivity index (χ2v) is 4.99. The molecule has 2 amide bonds. The third kappa shape index (κ3) is 4.89. The smallest absolute Gasteiger partial charge is 0.271 e. The van der Waals surface area contributed by atoms with Crippen molar-refractivity contribution in [3.63, 3.8) is 0 Å². The van der Waals surface area contributed by atoms with Gasteiger partial charge < -0.3 is 0 Å². The zero-order chi connectivity index (χ0) is 17.4. The first-order chi connectivity index (χ1) is 11.6. The van der Waals surface area contributed by atoms with Crippen LogP contribution in [0.4, 0.5) is 0 Å². The number of rotatable bonds is 5. The quantitative estimate of drug-likeness (QED) is 0.341. The number of benzene rings is 2. The molecule has 2 aromatic carbocycles. The van der Waals surface area contributed by atoms with E-state index < -0.39 is 5.91 Å². The minimum absolute atomic E-state index is 0.360. The van der Waals surface area contributed by atoms with Crippen LogP contribution in [0.15, 0.2) is 59.7 Å². The average molecular weight is 323 g/mol. The van der Waals surface area contributed by atoms with Gasteiger partial charge in [-0.1, -0.05) is 36.4 Å². The van der Waals surface area contributed by atoms with E-state index in [4.69, 9.17) is 5.21 Å². The Balaban J connectivity index is 2.03. The summed E-state index contributed by atoms with van der Waals surface area (Å²) in [7, 11) is 0. The van der Waals surface area contributed by atoms with Crippen molar-refractivity contribution >= 4 is 24.1 Å². The van der Waals surface area contributed by atoms with Gasteiger partial charge in [0, 0.05) is 11.6 Å². The second-order valence-electron chi connectivity index (χ2n) is 4.99. The number of hydrogen-bond donors (Lipinski definition) is 3. The Labute approximate surface area is 139 Å². The van der Waals surface area contributed by atoms with Crippen molar-refractivity contribution in [1.82, 2.24) is 10.9 Å². The molecule has 0 saturated carbocycles. The summed E-state index contributed by atoms with van der Waals surface area (Å²) in [5, 5.41) is 12.4. The normalized spacial score (nSPS) is 10.9. The molecule has 6 heteroatoms. The molecule has 0 saturated heterocycles. The number of hydrazone groups is 1. The Morgan fingerprint density at radius 2 is 1.92 bits per heavy atom. The van der Waals surface area contributed by atoms with Gasteiger partial charge >= 0.3 is 0 Å². The van der Waals surface area contributed by atoms with Crippen LogP contribution in [-0.4, -0.2) is 23.2 Å². The van der Waals surface area contributed by atoms with E-state index in [1.54, 1.807) is 30.5 Å². The lowest BCUT2D eigenvalue weighted by Crippen LogP contribution is -2.17. The molecule has 2 aromatic rings. The Kier molecular flexibility index (Phi) is 5.99. The van der Waals surface area contributed by atoms with Gasteiger partial charge in [0.2, 0.25) is 0 Å². The van der Waals surface area contributed by atoms with Crippen LogP contribution < -0.4 is 10.9 Å². The third-order valence-corrected chi connectivity index (χ3v) is 3.24. The van der Waals surface area contributed by atoms with Gasteiger partial charge in [-0.25, -0.2) is 10.9 Å². The maximum atomic E-state index is 12.1. The minimum atomic E-state index is -0.646. The number of hydrogen-bond acceptors (Lipinski definition) is 4. The molecular formula is C18H17N3O3. The average Bonchev–Trinajstić information content (AvgIpc) is 2.61. The standard InChI is InChI=1S/C18H17N3O3/c1-13-5-2-3-7-16(13)12-19-20-18(23)15-8-4-6-14(11-15)9-10-17(22)21-24/h2-12,24H,1H3,(H,20,23)(H,21,22). The number of carbonyl (C=O) groups is 2. The fourth-order valence-electron chi connectivity index (χ4n) is 1.95. The number of aryl methyl sites for hydroxylation is 1. The highest BCUT2D eigenvalue weighted by molar-refractivity contribution is 5.96. The van der Waals surface area contributed by atoms with E-state index in [0.717, 1.165) is 17.2 Å². The molecule has 6 nitrogen and oxygen atoms in total. The SMILES string of the molecule is Cc1ccccc1C=NNC(=O)c1cccc(C=CC(=O)NO)c1. The van der Waals surface area contributed by atoms with Crippen LogP contribution in [0.3, 0.4) is 0 Å². The number of nitrogens with zero attached hydrogens (tertiary/aromatic N) is 1. The van der Waals surface area contributed by atoms with Crippen LogP contribution in [0.25, 0.3) is 6.08 Å². The van der Waals surface area contributed by atoms with Gasteiger partial charge in [0.15, 0.2) is 0 Å². The van der Waals surface area contributed by atoms with E-state index >= 15 is 0 Å². The third-order valence-electron chi connectivity index (χ3n) is 3.24. The van der Waals surface area contributed by atoms with Gasteiger partial charge in [0.25, 0.3) is 11.8 Å². The van der Waals surface area contributed by atoms with Crippen LogP contribution >= 0.6 is 0 Å². The zero-order valence-electron chi connectivity index (χ0n) is 13.1. The van der Waals surface area contributed by atoms with E-state index in [2.05, 4.69) is 10.5 Å². The number of carbonyl (C=O) groups excluding carboxylic acids is 2. The molecule has 0 aromatic heterocycles. The number of amides is 2. The molecule has 0 spiro atoms. The van der Waals surface area contributed by atoms with Crippen molar-refractivity contribution in [2.45, 2.75) is 6.92 Å². The molecule has 0 aliphatic carbocycles. The first-order valence-corrected chi connectivity index (χ1v) is 7.21. The van der Waals surface area contributed by atoms with Crippen molar-refractivity contribution in [3.8, 4) is 0 Å². The van der Waals surface area contributed by atoms with Crippen molar-refractivity contribution in [1.29, 1.82) is 0 Å². The molecule has 0 aliphatic rings. The summed E-state index contributed by atoms with van der Waals surface area (Å²) < 4.78 is 0. The molecule has 3 N–H and O–H groups in total. The lowest BCUT2D eigenvalue weighted by atomic mass is 10.1. The molecule has 122 valence electrons. The second kappa shape index (κ2) is 8.40. The summed E-state index contributed by atoms with van der Waals surface area (Å²) in [4.78, 5) is 23.1. The van der Waals surface area contributed by atoms with Gasteiger partial charge in [-0.3, -0.25) is 14.8 Å². The lowest BCUT2D eigenvalue weighted by molar-refractivity contribution is -0.124.